The van der Waals surface area contributed by atoms with Crippen LogP contribution in [0.4, 0.5) is 0 Å². The average molecular weight is 316 g/mol. The van der Waals surface area contributed by atoms with Crippen LogP contribution in [0.1, 0.15) is 42.7 Å². The Bertz CT molecular complexity index is 695. The molecule has 1 N–H and O–H groups in total. The Morgan fingerprint density at radius 2 is 2.35 bits per heavy atom. The van der Waals surface area contributed by atoms with Gasteiger partial charge >= 0.3 is 0 Å². The zero-order chi connectivity index (χ0) is 16.4. The molecule has 0 bridgehead atoms. The first-order chi connectivity index (χ1) is 11.0. The fraction of sp³-hybridized carbons (Fsp3) is 0.588. The molecular weight excluding hydrogens is 292 g/mol. The summed E-state index contributed by atoms with van der Waals surface area (Å²) in [5.74, 6) is 0.436. The van der Waals surface area contributed by atoms with Crippen molar-refractivity contribution >= 4 is 17.0 Å². The summed E-state index contributed by atoms with van der Waals surface area (Å²) in [6.45, 7) is 9.22. The van der Waals surface area contributed by atoms with Gasteiger partial charge in [0.25, 0.3) is 11.6 Å². The number of aromatic nitrogens is 2. The predicted octanol–water partition coefficient (Wildman–Crippen LogP) is 2.38. The number of carbonyl (C=O) groups is 1. The van der Waals surface area contributed by atoms with E-state index in [1.807, 2.05) is 6.92 Å². The van der Waals surface area contributed by atoms with Gasteiger partial charge in [-0.3, -0.25) is 4.79 Å². The minimum absolute atomic E-state index is 0.0818. The molecule has 2 aromatic heterocycles. The number of fused-ring (bicyclic) bond motifs is 1. The van der Waals surface area contributed by atoms with E-state index in [0.29, 0.717) is 29.8 Å². The van der Waals surface area contributed by atoms with Gasteiger partial charge in [0, 0.05) is 25.3 Å². The third-order valence-electron chi connectivity index (χ3n) is 4.60. The Morgan fingerprint density at radius 3 is 3.13 bits per heavy atom. The SMILES string of the molecule is Cc1noc2ncc(C(=O)NC[C@@H]3CCCN(C(C)C)C3)cc12. The van der Waals surface area contributed by atoms with Crippen molar-refractivity contribution in [2.45, 2.75) is 39.7 Å². The maximum Gasteiger partial charge on any atom is 0.257 e. The van der Waals surface area contributed by atoms with Crippen molar-refractivity contribution < 1.29 is 9.32 Å². The first-order valence-electron chi connectivity index (χ1n) is 8.29. The van der Waals surface area contributed by atoms with Crippen LogP contribution < -0.4 is 5.32 Å². The molecule has 0 radical (unpaired) electrons. The Hall–Kier alpha value is -1.95. The number of rotatable bonds is 4. The Morgan fingerprint density at radius 1 is 1.52 bits per heavy atom. The Kier molecular flexibility index (Phi) is 4.61. The topological polar surface area (TPSA) is 71.3 Å². The number of nitrogens with zero attached hydrogens (tertiary/aromatic N) is 3. The third-order valence-corrected chi connectivity index (χ3v) is 4.60. The molecule has 124 valence electrons. The second-order valence-electron chi connectivity index (χ2n) is 6.65. The highest BCUT2D eigenvalue weighted by atomic mass is 16.5. The van der Waals surface area contributed by atoms with Gasteiger partial charge in [0.1, 0.15) is 0 Å². The molecule has 0 spiro atoms. The van der Waals surface area contributed by atoms with E-state index in [1.165, 1.54) is 12.8 Å². The van der Waals surface area contributed by atoms with Crippen LogP contribution in [0.2, 0.25) is 0 Å². The van der Waals surface area contributed by atoms with Gasteiger partial charge in [-0.2, -0.15) is 0 Å². The number of hydrogen-bond donors (Lipinski definition) is 1. The lowest BCUT2D eigenvalue weighted by Crippen LogP contribution is -2.43. The normalized spacial score (nSPS) is 19.4. The minimum atomic E-state index is -0.0818. The molecule has 1 atom stereocenters. The molecule has 1 aliphatic rings. The number of hydrogen-bond acceptors (Lipinski definition) is 5. The van der Waals surface area contributed by atoms with Crippen LogP contribution in [0.25, 0.3) is 11.1 Å². The van der Waals surface area contributed by atoms with Crippen LogP contribution in [0.3, 0.4) is 0 Å². The molecule has 0 aromatic carbocycles. The molecule has 2 aromatic rings. The van der Waals surface area contributed by atoms with Crippen LogP contribution in [0, 0.1) is 12.8 Å². The zero-order valence-electron chi connectivity index (χ0n) is 14.0. The molecule has 3 rings (SSSR count). The number of nitrogens with one attached hydrogen (secondary N) is 1. The summed E-state index contributed by atoms with van der Waals surface area (Å²) in [6, 6.07) is 2.36. The van der Waals surface area contributed by atoms with Crippen LogP contribution in [0.15, 0.2) is 16.8 Å². The van der Waals surface area contributed by atoms with Crippen LogP contribution >= 0.6 is 0 Å². The molecule has 6 nitrogen and oxygen atoms in total. The van der Waals surface area contributed by atoms with E-state index < -0.39 is 0 Å². The quantitative estimate of drug-likeness (QED) is 0.937. The van der Waals surface area contributed by atoms with E-state index in [-0.39, 0.29) is 5.91 Å². The first kappa shape index (κ1) is 15.9. The first-order valence-corrected chi connectivity index (χ1v) is 8.29. The maximum atomic E-state index is 12.4. The lowest BCUT2D eigenvalue weighted by Gasteiger charge is -2.35. The summed E-state index contributed by atoms with van der Waals surface area (Å²) in [7, 11) is 0. The highest BCUT2D eigenvalue weighted by molar-refractivity contribution is 5.96. The van der Waals surface area contributed by atoms with Gasteiger partial charge in [-0.15, -0.1) is 0 Å². The van der Waals surface area contributed by atoms with Gasteiger partial charge in [0.05, 0.1) is 16.6 Å². The summed E-state index contributed by atoms with van der Waals surface area (Å²) >= 11 is 0. The van der Waals surface area contributed by atoms with Crippen LogP contribution in [-0.4, -0.2) is 46.6 Å². The van der Waals surface area contributed by atoms with E-state index >= 15 is 0 Å². The molecule has 6 heteroatoms. The number of pyridine rings is 1. The fourth-order valence-corrected chi connectivity index (χ4v) is 3.14. The second kappa shape index (κ2) is 6.66. The van der Waals surface area contributed by atoms with Crippen molar-refractivity contribution in [2.75, 3.05) is 19.6 Å². The summed E-state index contributed by atoms with van der Waals surface area (Å²) in [5, 5.41) is 7.71. The molecule has 1 aliphatic heterocycles. The molecular formula is C17H24N4O2. The number of aryl methyl sites for hydroxylation is 1. The molecule has 1 saturated heterocycles. The van der Waals surface area contributed by atoms with Gasteiger partial charge in [0.15, 0.2) is 0 Å². The standard InChI is InChI=1S/C17H24N4O2/c1-11(2)21-6-4-5-13(10-21)8-18-16(22)14-7-15-12(3)20-23-17(15)19-9-14/h7,9,11,13H,4-6,8,10H2,1-3H3,(H,18,22)/t13-/m0/s1. The van der Waals surface area contributed by atoms with Crippen molar-refractivity contribution in [3.05, 3.63) is 23.5 Å². The van der Waals surface area contributed by atoms with E-state index in [1.54, 1.807) is 12.3 Å². The van der Waals surface area contributed by atoms with Gasteiger partial charge in [-0.25, -0.2) is 4.98 Å². The zero-order valence-corrected chi connectivity index (χ0v) is 14.0. The van der Waals surface area contributed by atoms with Crippen LogP contribution in [0.5, 0.6) is 0 Å². The van der Waals surface area contributed by atoms with Gasteiger partial charge in [0.2, 0.25) is 0 Å². The Balaban J connectivity index is 1.61. The summed E-state index contributed by atoms with van der Waals surface area (Å²) in [4.78, 5) is 19.0. The van der Waals surface area contributed by atoms with Crippen molar-refractivity contribution in [1.82, 2.24) is 20.4 Å². The van der Waals surface area contributed by atoms with E-state index in [2.05, 4.69) is 34.2 Å². The summed E-state index contributed by atoms with van der Waals surface area (Å²) in [5.41, 5.74) is 1.78. The fourth-order valence-electron chi connectivity index (χ4n) is 3.14. The predicted molar refractivity (Wildman–Crippen MR) is 88.3 cm³/mol. The molecule has 0 aliphatic carbocycles. The molecule has 1 amide bonds. The number of likely N-dealkylation sites (tertiary alicyclic amines) is 1. The molecule has 0 unspecified atom stereocenters. The molecule has 1 fully saturated rings. The smallest absolute Gasteiger partial charge is 0.257 e. The third kappa shape index (κ3) is 3.52. The Labute approximate surface area is 136 Å². The lowest BCUT2D eigenvalue weighted by atomic mass is 9.97. The average Bonchev–Trinajstić information content (AvgIpc) is 2.93. The van der Waals surface area contributed by atoms with Crippen molar-refractivity contribution in [1.29, 1.82) is 0 Å². The minimum Gasteiger partial charge on any atom is -0.352 e. The van der Waals surface area contributed by atoms with E-state index in [9.17, 15) is 4.79 Å². The summed E-state index contributed by atoms with van der Waals surface area (Å²) < 4.78 is 5.07. The number of amides is 1. The van der Waals surface area contributed by atoms with Gasteiger partial charge < -0.3 is 14.7 Å². The monoisotopic (exact) mass is 316 g/mol. The van der Waals surface area contributed by atoms with E-state index in [4.69, 9.17) is 4.52 Å². The number of piperidine rings is 1. The maximum absolute atomic E-state index is 12.4. The van der Waals surface area contributed by atoms with Gasteiger partial charge in [-0.1, -0.05) is 5.16 Å². The second-order valence-corrected chi connectivity index (χ2v) is 6.65. The van der Waals surface area contributed by atoms with Gasteiger partial charge in [-0.05, 0) is 52.1 Å². The number of carbonyl (C=O) groups excluding carboxylic acids is 1. The van der Waals surface area contributed by atoms with Crippen LogP contribution in [-0.2, 0) is 0 Å². The molecule has 0 saturated carbocycles. The van der Waals surface area contributed by atoms with Crippen molar-refractivity contribution in [3.8, 4) is 0 Å². The van der Waals surface area contributed by atoms with Crippen molar-refractivity contribution in [3.63, 3.8) is 0 Å². The summed E-state index contributed by atoms with van der Waals surface area (Å²) in [6.07, 6.45) is 3.92. The van der Waals surface area contributed by atoms with E-state index in [0.717, 1.165) is 24.2 Å². The van der Waals surface area contributed by atoms with Crippen molar-refractivity contribution in [2.24, 2.45) is 5.92 Å². The highest BCUT2D eigenvalue weighted by Gasteiger charge is 2.22. The molecule has 3 heterocycles. The highest BCUT2D eigenvalue weighted by Crippen LogP contribution is 2.19. The lowest BCUT2D eigenvalue weighted by molar-refractivity contribution is 0.0922. The largest absolute Gasteiger partial charge is 0.352 e. The molecule has 23 heavy (non-hydrogen) atoms.